The molecule has 0 radical (unpaired) electrons. The number of carbonyl (C=O) groups is 2. The van der Waals surface area contributed by atoms with E-state index in [2.05, 4.69) is 27.9 Å². The van der Waals surface area contributed by atoms with Gasteiger partial charge in [0.25, 0.3) is 5.91 Å². The highest BCUT2D eigenvalue weighted by atomic mass is 127. The van der Waals surface area contributed by atoms with E-state index in [9.17, 15) is 9.59 Å². The van der Waals surface area contributed by atoms with Gasteiger partial charge in [0.1, 0.15) is 0 Å². The van der Waals surface area contributed by atoms with Crippen LogP contribution >= 0.6 is 22.6 Å². The number of hydrogen-bond donors (Lipinski definition) is 1. The number of piperidine rings is 1. The minimum atomic E-state index is -0.137. The third kappa shape index (κ3) is 4.77. The Kier molecular flexibility index (Phi) is 7.34. The molecule has 25 heavy (non-hydrogen) atoms. The van der Waals surface area contributed by atoms with Crippen LogP contribution in [0.15, 0.2) is 12.1 Å². The third-order valence-corrected chi connectivity index (χ3v) is 5.22. The van der Waals surface area contributed by atoms with Crippen LogP contribution in [0.4, 0.5) is 0 Å². The summed E-state index contributed by atoms with van der Waals surface area (Å²) in [5.74, 6) is 0.959. The van der Waals surface area contributed by atoms with Crippen molar-refractivity contribution in [3.05, 3.63) is 21.3 Å². The highest BCUT2D eigenvalue weighted by molar-refractivity contribution is 14.1. The Morgan fingerprint density at radius 1 is 1.28 bits per heavy atom. The van der Waals surface area contributed by atoms with Crippen molar-refractivity contribution in [2.45, 2.75) is 26.2 Å². The number of methoxy groups -OCH3 is 2. The molecule has 1 N–H and O–H groups in total. The summed E-state index contributed by atoms with van der Waals surface area (Å²) in [6, 6.07) is 3.51. The van der Waals surface area contributed by atoms with Crippen LogP contribution < -0.4 is 14.8 Å². The molecule has 0 aromatic heterocycles. The summed E-state index contributed by atoms with van der Waals surface area (Å²) in [5, 5.41) is 2.93. The summed E-state index contributed by atoms with van der Waals surface area (Å²) in [7, 11) is 3.12. The van der Waals surface area contributed by atoms with Crippen LogP contribution in [0.2, 0.25) is 0 Å². The quantitative estimate of drug-likeness (QED) is 0.664. The lowest BCUT2D eigenvalue weighted by Crippen LogP contribution is -2.45. The minimum absolute atomic E-state index is 0.0429. The van der Waals surface area contributed by atoms with Crippen LogP contribution in [-0.2, 0) is 4.79 Å². The standard InChI is InChI=1S/C18H25IN2O4/c1-4-7-20-17(22)12-6-5-8-21(11-12)18(23)13-9-15(24-2)16(25-3)10-14(13)19/h9-10,12H,4-8,11H2,1-3H3,(H,20,22). The Labute approximate surface area is 162 Å². The normalized spacial score (nSPS) is 17.1. The molecule has 2 amide bonds. The minimum Gasteiger partial charge on any atom is -0.493 e. The molecule has 1 fully saturated rings. The van der Waals surface area contributed by atoms with Gasteiger partial charge in [-0.25, -0.2) is 0 Å². The molecule has 0 aliphatic carbocycles. The van der Waals surface area contributed by atoms with Gasteiger partial charge in [-0.3, -0.25) is 9.59 Å². The van der Waals surface area contributed by atoms with E-state index in [1.54, 1.807) is 31.3 Å². The molecule has 7 heteroatoms. The highest BCUT2D eigenvalue weighted by Gasteiger charge is 2.30. The Morgan fingerprint density at radius 3 is 2.60 bits per heavy atom. The van der Waals surface area contributed by atoms with Crippen LogP contribution in [0, 0.1) is 9.49 Å². The Hall–Kier alpha value is -1.51. The topological polar surface area (TPSA) is 67.9 Å². The van der Waals surface area contributed by atoms with Gasteiger partial charge < -0.3 is 19.7 Å². The molecule has 0 spiro atoms. The predicted molar refractivity (Wildman–Crippen MR) is 104 cm³/mol. The van der Waals surface area contributed by atoms with Gasteiger partial charge in [0, 0.05) is 23.2 Å². The van der Waals surface area contributed by atoms with E-state index in [1.807, 2.05) is 6.92 Å². The van der Waals surface area contributed by atoms with Gasteiger partial charge in [-0.1, -0.05) is 6.92 Å². The summed E-state index contributed by atoms with van der Waals surface area (Å²) < 4.78 is 11.4. The maximum Gasteiger partial charge on any atom is 0.255 e. The van der Waals surface area contributed by atoms with E-state index < -0.39 is 0 Å². The largest absolute Gasteiger partial charge is 0.493 e. The van der Waals surface area contributed by atoms with Gasteiger partial charge in [0.05, 0.1) is 25.7 Å². The molecule has 1 aromatic rings. The van der Waals surface area contributed by atoms with Gasteiger partial charge in [-0.05, 0) is 54.0 Å². The number of amides is 2. The zero-order chi connectivity index (χ0) is 18.4. The molecule has 2 rings (SSSR count). The van der Waals surface area contributed by atoms with E-state index in [-0.39, 0.29) is 17.7 Å². The smallest absolute Gasteiger partial charge is 0.255 e. The maximum atomic E-state index is 13.0. The molecule has 1 saturated heterocycles. The van der Waals surface area contributed by atoms with Crippen molar-refractivity contribution >= 4 is 34.4 Å². The first-order valence-corrected chi connectivity index (χ1v) is 9.58. The van der Waals surface area contributed by atoms with Crippen LogP contribution in [0.3, 0.4) is 0 Å². The number of rotatable bonds is 6. The fourth-order valence-electron chi connectivity index (χ4n) is 2.96. The van der Waals surface area contributed by atoms with E-state index in [0.717, 1.165) is 22.8 Å². The molecule has 1 unspecified atom stereocenters. The monoisotopic (exact) mass is 460 g/mol. The number of nitrogens with one attached hydrogen (secondary N) is 1. The first-order chi connectivity index (χ1) is 12.0. The van der Waals surface area contributed by atoms with E-state index >= 15 is 0 Å². The lowest BCUT2D eigenvalue weighted by Gasteiger charge is -2.32. The molecule has 0 saturated carbocycles. The second kappa shape index (κ2) is 9.26. The van der Waals surface area contributed by atoms with Crippen molar-refractivity contribution in [1.82, 2.24) is 10.2 Å². The third-order valence-electron chi connectivity index (χ3n) is 4.33. The number of halogens is 1. The predicted octanol–water partition coefficient (Wildman–Crippen LogP) is 2.69. The summed E-state index contributed by atoms with van der Waals surface area (Å²) in [4.78, 5) is 27.0. The van der Waals surface area contributed by atoms with Crippen molar-refractivity contribution in [2.24, 2.45) is 5.92 Å². The molecule has 1 atom stereocenters. The molecule has 138 valence electrons. The molecule has 1 aromatic carbocycles. The molecule has 1 aliphatic rings. The Bertz CT molecular complexity index is 636. The van der Waals surface area contributed by atoms with Crippen molar-refractivity contribution in [3.8, 4) is 11.5 Å². The SMILES string of the molecule is CCCNC(=O)C1CCCN(C(=O)c2cc(OC)c(OC)cc2I)C1. The van der Waals surface area contributed by atoms with Crippen molar-refractivity contribution in [2.75, 3.05) is 33.9 Å². The summed E-state index contributed by atoms with van der Waals surface area (Å²) in [5.41, 5.74) is 0.577. The van der Waals surface area contributed by atoms with Crippen LogP contribution in [0.25, 0.3) is 0 Å². The summed E-state index contributed by atoms with van der Waals surface area (Å²) >= 11 is 2.13. The number of nitrogens with zero attached hydrogens (tertiary/aromatic N) is 1. The average Bonchev–Trinajstić information content (AvgIpc) is 2.65. The van der Waals surface area contributed by atoms with Gasteiger partial charge in [0.15, 0.2) is 11.5 Å². The lowest BCUT2D eigenvalue weighted by atomic mass is 9.96. The zero-order valence-corrected chi connectivity index (χ0v) is 17.1. The molecule has 6 nitrogen and oxygen atoms in total. The van der Waals surface area contributed by atoms with Gasteiger partial charge >= 0.3 is 0 Å². The van der Waals surface area contributed by atoms with Crippen LogP contribution in [-0.4, -0.2) is 50.6 Å². The van der Waals surface area contributed by atoms with Gasteiger partial charge in [0.2, 0.25) is 5.91 Å². The van der Waals surface area contributed by atoms with Gasteiger partial charge in [-0.15, -0.1) is 0 Å². The fraction of sp³-hybridized carbons (Fsp3) is 0.556. The van der Waals surface area contributed by atoms with E-state index in [1.165, 1.54) is 0 Å². The number of carbonyl (C=O) groups excluding carboxylic acids is 2. The van der Waals surface area contributed by atoms with Crippen molar-refractivity contribution in [1.29, 1.82) is 0 Å². The average molecular weight is 460 g/mol. The Balaban J connectivity index is 2.15. The highest BCUT2D eigenvalue weighted by Crippen LogP contribution is 2.32. The summed E-state index contributed by atoms with van der Waals surface area (Å²) in [6.07, 6.45) is 2.56. The molecule has 0 bridgehead atoms. The zero-order valence-electron chi connectivity index (χ0n) is 14.9. The number of likely N-dealkylation sites (tertiary alicyclic amines) is 1. The van der Waals surface area contributed by atoms with Crippen molar-refractivity contribution in [3.63, 3.8) is 0 Å². The van der Waals surface area contributed by atoms with Gasteiger partial charge in [-0.2, -0.15) is 0 Å². The van der Waals surface area contributed by atoms with Crippen LogP contribution in [0.5, 0.6) is 11.5 Å². The van der Waals surface area contributed by atoms with E-state index in [0.29, 0.717) is 36.7 Å². The molecular formula is C18H25IN2O4. The second-order valence-electron chi connectivity index (χ2n) is 6.07. The van der Waals surface area contributed by atoms with Crippen molar-refractivity contribution < 1.29 is 19.1 Å². The van der Waals surface area contributed by atoms with E-state index in [4.69, 9.17) is 9.47 Å². The molecule has 1 heterocycles. The first-order valence-electron chi connectivity index (χ1n) is 8.50. The lowest BCUT2D eigenvalue weighted by molar-refractivity contribution is -0.126. The van der Waals surface area contributed by atoms with Crippen LogP contribution in [0.1, 0.15) is 36.5 Å². The Morgan fingerprint density at radius 2 is 1.96 bits per heavy atom. The summed E-state index contributed by atoms with van der Waals surface area (Å²) in [6.45, 7) is 3.83. The molecule has 1 aliphatic heterocycles. The number of benzene rings is 1. The molecular weight excluding hydrogens is 435 g/mol. The number of hydrogen-bond acceptors (Lipinski definition) is 4. The second-order valence-corrected chi connectivity index (χ2v) is 7.23. The number of ether oxygens (including phenoxy) is 2. The first kappa shape index (κ1) is 19.8. The maximum absolute atomic E-state index is 13.0. The fourth-order valence-corrected chi connectivity index (χ4v) is 3.63.